The van der Waals surface area contributed by atoms with Gasteiger partial charge in [0.2, 0.25) is 0 Å². The number of amides is 1. The van der Waals surface area contributed by atoms with Gasteiger partial charge in [0.25, 0.3) is 5.91 Å². The summed E-state index contributed by atoms with van der Waals surface area (Å²) >= 11 is 8.78. The van der Waals surface area contributed by atoms with Crippen LogP contribution < -0.4 is 10.1 Å². The van der Waals surface area contributed by atoms with Crippen molar-refractivity contribution in [1.29, 1.82) is 0 Å². The molecule has 1 aromatic carbocycles. The molecule has 0 bridgehead atoms. The van der Waals surface area contributed by atoms with E-state index in [2.05, 4.69) is 21.2 Å². The Kier molecular flexibility index (Phi) is 8.50. The van der Waals surface area contributed by atoms with Crippen LogP contribution in [0.25, 0.3) is 0 Å². The van der Waals surface area contributed by atoms with Gasteiger partial charge in [0.05, 0.1) is 24.7 Å². The summed E-state index contributed by atoms with van der Waals surface area (Å²) in [6.07, 6.45) is 2.18. The zero-order valence-corrected chi connectivity index (χ0v) is 18.0. The van der Waals surface area contributed by atoms with E-state index in [1.165, 1.54) is 0 Å². The third-order valence-corrected chi connectivity index (χ3v) is 5.12. The number of nitrogens with zero attached hydrogens (tertiary/aromatic N) is 1. The fraction of sp³-hybridized carbons (Fsp3) is 0.526. The summed E-state index contributed by atoms with van der Waals surface area (Å²) in [4.78, 5) is 26.4. The van der Waals surface area contributed by atoms with Crippen LogP contribution in [0.2, 0.25) is 0 Å². The molecule has 148 valence electrons. The summed E-state index contributed by atoms with van der Waals surface area (Å²) in [6, 6.07) is 5.32. The molecule has 1 aromatic rings. The zero-order chi connectivity index (χ0) is 19.8. The third kappa shape index (κ3) is 6.17. The maximum absolute atomic E-state index is 12.7. The van der Waals surface area contributed by atoms with Gasteiger partial charge in [0.1, 0.15) is 5.75 Å². The first-order valence-corrected chi connectivity index (χ1v) is 10.4. The van der Waals surface area contributed by atoms with Crippen molar-refractivity contribution < 1.29 is 19.1 Å². The van der Waals surface area contributed by atoms with E-state index in [9.17, 15) is 9.59 Å². The Morgan fingerprint density at radius 2 is 2.00 bits per heavy atom. The van der Waals surface area contributed by atoms with Gasteiger partial charge in [-0.1, -0.05) is 22.9 Å². The highest BCUT2D eigenvalue weighted by Gasteiger charge is 2.27. The third-order valence-electron chi connectivity index (χ3n) is 4.27. The fourth-order valence-corrected chi connectivity index (χ4v) is 3.48. The highest BCUT2D eigenvalue weighted by atomic mass is 79.9. The van der Waals surface area contributed by atoms with Gasteiger partial charge in [-0.2, -0.15) is 0 Å². The second kappa shape index (κ2) is 10.6. The van der Waals surface area contributed by atoms with Crippen molar-refractivity contribution in [3.63, 3.8) is 0 Å². The number of hydrogen-bond donors (Lipinski definition) is 1. The summed E-state index contributed by atoms with van der Waals surface area (Å²) in [5.74, 6) is -0.0286. The van der Waals surface area contributed by atoms with Crippen LogP contribution in [0.3, 0.4) is 0 Å². The van der Waals surface area contributed by atoms with E-state index in [4.69, 9.17) is 21.7 Å². The number of rotatable bonds is 6. The number of ether oxygens (including phenoxy) is 2. The van der Waals surface area contributed by atoms with Gasteiger partial charge in [-0.15, -0.1) is 0 Å². The van der Waals surface area contributed by atoms with E-state index >= 15 is 0 Å². The molecule has 1 fully saturated rings. The summed E-state index contributed by atoms with van der Waals surface area (Å²) in [5.41, 5.74) is 0.432. The number of nitrogens with one attached hydrogen (secondary N) is 1. The van der Waals surface area contributed by atoms with Crippen LogP contribution in [-0.4, -0.2) is 48.2 Å². The van der Waals surface area contributed by atoms with Crippen molar-refractivity contribution in [3.05, 3.63) is 28.2 Å². The minimum atomic E-state index is -0.306. The molecule has 27 heavy (non-hydrogen) atoms. The van der Waals surface area contributed by atoms with Crippen molar-refractivity contribution in [3.8, 4) is 5.75 Å². The predicted molar refractivity (Wildman–Crippen MR) is 111 cm³/mol. The molecule has 1 aliphatic heterocycles. The minimum Gasteiger partial charge on any atom is -0.493 e. The molecule has 0 unspecified atom stereocenters. The van der Waals surface area contributed by atoms with E-state index < -0.39 is 0 Å². The van der Waals surface area contributed by atoms with Crippen LogP contribution in [0.5, 0.6) is 5.75 Å². The number of likely N-dealkylation sites (tertiary alicyclic amines) is 1. The van der Waals surface area contributed by atoms with E-state index in [0.29, 0.717) is 55.6 Å². The van der Waals surface area contributed by atoms with E-state index in [-0.39, 0.29) is 17.8 Å². The van der Waals surface area contributed by atoms with Crippen molar-refractivity contribution in [2.75, 3.05) is 26.3 Å². The lowest BCUT2D eigenvalue weighted by atomic mass is 9.97. The molecule has 6 nitrogen and oxygen atoms in total. The first-order chi connectivity index (χ1) is 13.0. The van der Waals surface area contributed by atoms with Gasteiger partial charge in [0, 0.05) is 17.6 Å². The molecule has 1 heterocycles. The van der Waals surface area contributed by atoms with Gasteiger partial charge in [-0.25, -0.2) is 0 Å². The number of carbonyl (C=O) groups is 2. The maximum atomic E-state index is 12.7. The average Bonchev–Trinajstić information content (AvgIpc) is 2.67. The smallest absolute Gasteiger partial charge is 0.309 e. The number of halogens is 1. The van der Waals surface area contributed by atoms with E-state index in [1.54, 1.807) is 19.1 Å². The highest BCUT2D eigenvalue weighted by Crippen LogP contribution is 2.24. The van der Waals surface area contributed by atoms with Crippen LogP contribution in [0.15, 0.2) is 22.7 Å². The van der Waals surface area contributed by atoms with E-state index in [1.807, 2.05) is 17.9 Å². The Bertz CT molecular complexity index is 690. The topological polar surface area (TPSA) is 67.9 Å². The van der Waals surface area contributed by atoms with Crippen molar-refractivity contribution >= 4 is 45.1 Å². The fourth-order valence-electron chi connectivity index (χ4n) is 2.84. The molecule has 0 atom stereocenters. The monoisotopic (exact) mass is 456 g/mol. The molecule has 0 aromatic heterocycles. The molecule has 1 saturated heterocycles. The SMILES string of the molecule is CCCOc1ccc(Br)cc1C(=O)NC(=S)N1CCC(C(=O)OCC)CC1. The van der Waals surface area contributed by atoms with Crippen molar-refractivity contribution in [2.45, 2.75) is 33.1 Å². The Balaban J connectivity index is 1.95. The highest BCUT2D eigenvalue weighted by molar-refractivity contribution is 9.10. The lowest BCUT2D eigenvalue weighted by Crippen LogP contribution is -2.47. The molecule has 1 N–H and O–H groups in total. The van der Waals surface area contributed by atoms with Gasteiger partial charge in [-0.3, -0.25) is 14.9 Å². The first kappa shape index (κ1) is 21.6. The van der Waals surface area contributed by atoms with Crippen LogP contribution in [-0.2, 0) is 9.53 Å². The molecule has 0 spiro atoms. The van der Waals surface area contributed by atoms with Gasteiger partial charge < -0.3 is 14.4 Å². The van der Waals surface area contributed by atoms with Crippen LogP contribution in [0.1, 0.15) is 43.5 Å². The largest absolute Gasteiger partial charge is 0.493 e. The number of carbonyl (C=O) groups excluding carboxylic acids is 2. The molecule has 1 aliphatic rings. The molecular formula is C19H25BrN2O4S. The second-order valence-corrected chi connectivity index (χ2v) is 7.56. The quantitative estimate of drug-likeness (QED) is 0.521. The average molecular weight is 457 g/mol. The van der Waals surface area contributed by atoms with Crippen LogP contribution in [0, 0.1) is 5.92 Å². The minimum absolute atomic E-state index is 0.0983. The van der Waals surface area contributed by atoms with E-state index in [0.717, 1.165) is 10.9 Å². The number of benzene rings is 1. The molecule has 0 radical (unpaired) electrons. The predicted octanol–water partition coefficient (Wildman–Crippen LogP) is 3.53. The molecule has 8 heteroatoms. The van der Waals surface area contributed by atoms with Crippen molar-refractivity contribution in [2.24, 2.45) is 5.92 Å². The Labute approximate surface area is 173 Å². The Morgan fingerprint density at radius 1 is 1.30 bits per heavy atom. The Hall–Kier alpha value is -1.67. The number of esters is 1. The standard InChI is InChI=1S/C19H25BrN2O4S/c1-3-11-26-16-6-5-14(20)12-15(16)17(23)21-19(27)22-9-7-13(8-10-22)18(24)25-4-2/h5-6,12-13H,3-4,7-11H2,1-2H3,(H,21,23,27). The number of piperidine rings is 1. The van der Waals surface area contributed by atoms with Gasteiger partial charge >= 0.3 is 5.97 Å². The summed E-state index contributed by atoms with van der Waals surface area (Å²) in [6.45, 7) is 5.96. The van der Waals surface area contributed by atoms with Crippen LogP contribution >= 0.6 is 28.1 Å². The molecule has 0 aliphatic carbocycles. The molecule has 1 amide bonds. The molecular weight excluding hydrogens is 432 g/mol. The molecule has 2 rings (SSSR count). The number of thiocarbonyl (C=S) groups is 1. The van der Waals surface area contributed by atoms with Gasteiger partial charge in [-0.05, 0) is 56.6 Å². The summed E-state index contributed by atoms with van der Waals surface area (Å²) in [5, 5.41) is 3.15. The number of hydrogen-bond acceptors (Lipinski definition) is 5. The van der Waals surface area contributed by atoms with Crippen LogP contribution in [0.4, 0.5) is 0 Å². The lowest BCUT2D eigenvalue weighted by molar-refractivity contribution is -0.149. The van der Waals surface area contributed by atoms with Crippen molar-refractivity contribution in [1.82, 2.24) is 10.2 Å². The van der Waals surface area contributed by atoms with Gasteiger partial charge in [0.15, 0.2) is 5.11 Å². The molecule has 0 saturated carbocycles. The normalized spacial score (nSPS) is 14.6. The zero-order valence-electron chi connectivity index (χ0n) is 15.6. The lowest BCUT2D eigenvalue weighted by Gasteiger charge is -2.32. The first-order valence-electron chi connectivity index (χ1n) is 9.15. The second-order valence-electron chi connectivity index (χ2n) is 6.26. The Morgan fingerprint density at radius 3 is 2.63 bits per heavy atom. The summed E-state index contributed by atoms with van der Waals surface area (Å²) < 4.78 is 11.5. The summed E-state index contributed by atoms with van der Waals surface area (Å²) in [7, 11) is 0. The maximum Gasteiger partial charge on any atom is 0.309 e.